The number of carbonyl (C=O) groups excluding carboxylic acids is 1. The van der Waals surface area contributed by atoms with Crippen molar-refractivity contribution in [1.82, 2.24) is 0 Å². The van der Waals surface area contributed by atoms with Gasteiger partial charge in [0.25, 0.3) is 10.1 Å². The van der Waals surface area contributed by atoms with Gasteiger partial charge in [-0.3, -0.25) is 8.98 Å². The molecule has 2 aromatic carbocycles. The molecule has 0 aromatic heterocycles. The lowest BCUT2D eigenvalue weighted by Crippen LogP contribution is -2.07. The van der Waals surface area contributed by atoms with Gasteiger partial charge in [0.05, 0.1) is 11.5 Å². The lowest BCUT2D eigenvalue weighted by molar-refractivity contribution is 0.112. The van der Waals surface area contributed by atoms with Crippen molar-refractivity contribution in [2.45, 2.75) is 18.2 Å². The zero-order valence-electron chi connectivity index (χ0n) is 12.7. The predicted octanol–water partition coefficient (Wildman–Crippen LogP) is 2.95. The van der Waals surface area contributed by atoms with Crippen molar-refractivity contribution in [2.24, 2.45) is 0 Å². The maximum atomic E-state index is 12.0. The van der Waals surface area contributed by atoms with E-state index in [2.05, 4.69) is 11.8 Å². The fourth-order valence-electron chi connectivity index (χ4n) is 1.85. The van der Waals surface area contributed by atoms with Crippen molar-refractivity contribution in [3.8, 4) is 11.8 Å². The summed E-state index contributed by atoms with van der Waals surface area (Å²) in [4.78, 5) is 11.0. The highest BCUT2D eigenvalue weighted by Gasteiger charge is 2.13. The van der Waals surface area contributed by atoms with Crippen molar-refractivity contribution in [3.63, 3.8) is 0 Å². The van der Waals surface area contributed by atoms with E-state index in [1.165, 1.54) is 12.1 Å². The molecule has 5 heteroatoms. The molecule has 0 amide bonds. The van der Waals surface area contributed by atoms with Crippen molar-refractivity contribution in [3.05, 3.63) is 65.2 Å². The van der Waals surface area contributed by atoms with E-state index in [0.717, 1.165) is 11.8 Å². The summed E-state index contributed by atoms with van der Waals surface area (Å²) in [7, 11) is -3.76. The van der Waals surface area contributed by atoms with E-state index >= 15 is 0 Å². The largest absolute Gasteiger partial charge is 0.298 e. The third kappa shape index (κ3) is 4.78. The molecule has 0 heterocycles. The minimum atomic E-state index is -3.76. The van der Waals surface area contributed by atoms with Gasteiger partial charge in [-0.25, -0.2) is 0 Å². The summed E-state index contributed by atoms with van der Waals surface area (Å²) in [5, 5.41) is 0. The molecule has 0 saturated carbocycles. The smallest absolute Gasteiger partial charge is 0.297 e. The average Bonchev–Trinajstić information content (AvgIpc) is 2.55. The number of carbonyl (C=O) groups is 1. The highest BCUT2D eigenvalue weighted by molar-refractivity contribution is 7.86. The Kier molecular flexibility index (Phi) is 5.69. The Bertz CT molecular complexity index is 841. The Morgan fingerprint density at radius 3 is 2.48 bits per heavy atom. The van der Waals surface area contributed by atoms with Crippen LogP contribution >= 0.6 is 0 Å². The van der Waals surface area contributed by atoms with Gasteiger partial charge < -0.3 is 0 Å². The molecule has 0 atom stereocenters. The second-order valence-corrected chi connectivity index (χ2v) is 6.46. The first kappa shape index (κ1) is 16.9. The van der Waals surface area contributed by atoms with Crippen LogP contribution < -0.4 is 0 Å². The molecular formula is C18H16O4S. The summed E-state index contributed by atoms with van der Waals surface area (Å²) in [5.41, 5.74) is 2.10. The van der Waals surface area contributed by atoms with E-state index in [0.29, 0.717) is 11.1 Å². The Morgan fingerprint density at radius 2 is 1.78 bits per heavy atom. The lowest BCUT2D eigenvalue weighted by atomic mass is 10.1. The van der Waals surface area contributed by atoms with E-state index in [4.69, 9.17) is 4.18 Å². The van der Waals surface area contributed by atoms with Crippen LogP contribution in [0.1, 0.15) is 27.9 Å². The molecule has 0 saturated heterocycles. The molecule has 0 aliphatic heterocycles. The van der Waals surface area contributed by atoms with E-state index in [1.54, 1.807) is 36.4 Å². The summed E-state index contributed by atoms with van der Waals surface area (Å²) in [6.07, 6.45) is 0.987. The monoisotopic (exact) mass is 328 g/mol. The van der Waals surface area contributed by atoms with E-state index in [1.807, 2.05) is 6.92 Å². The molecule has 23 heavy (non-hydrogen) atoms. The van der Waals surface area contributed by atoms with Crippen LogP contribution in [0.2, 0.25) is 0 Å². The van der Waals surface area contributed by atoms with Crippen LogP contribution in [0.15, 0.2) is 53.4 Å². The predicted molar refractivity (Wildman–Crippen MR) is 87.6 cm³/mol. The molecule has 0 N–H and O–H groups in total. The molecule has 0 bridgehead atoms. The summed E-state index contributed by atoms with van der Waals surface area (Å²) in [6, 6.07) is 13.4. The third-order valence-corrected chi connectivity index (χ3v) is 4.41. The van der Waals surface area contributed by atoms with Crippen molar-refractivity contribution >= 4 is 16.4 Å². The van der Waals surface area contributed by atoms with Gasteiger partial charge in [-0.05, 0) is 25.1 Å². The van der Waals surface area contributed by atoms with Crippen molar-refractivity contribution in [2.75, 3.05) is 6.61 Å². The molecule has 2 rings (SSSR count). The Morgan fingerprint density at radius 1 is 1.09 bits per heavy atom. The molecule has 0 spiro atoms. The van der Waals surface area contributed by atoms with Crippen molar-refractivity contribution in [1.29, 1.82) is 0 Å². The van der Waals surface area contributed by atoms with Gasteiger partial charge in [0, 0.05) is 17.5 Å². The topological polar surface area (TPSA) is 60.4 Å². The minimum absolute atomic E-state index is 0.0353. The highest BCUT2D eigenvalue weighted by Crippen LogP contribution is 2.13. The Labute approximate surface area is 136 Å². The van der Waals surface area contributed by atoms with E-state index in [-0.39, 0.29) is 17.9 Å². The SMILES string of the molecule is Cc1ccc(S(=O)(=O)OCCC#Cc2ccccc2C=O)cc1. The van der Waals surface area contributed by atoms with Gasteiger partial charge in [0.2, 0.25) is 0 Å². The zero-order chi connectivity index (χ0) is 16.7. The van der Waals surface area contributed by atoms with Gasteiger partial charge in [-0.1, -0.05) is 47.7 Å². The molecule has 118 valence electrons. The minimum Gasteiger partial charge on any atom is -0.298 e. The van der Waals surface area contributed by atoms with Gasteiger partial charge in [0.1, 0.15) is 0 Å². The molecule has 0 aliphatic rings. The number of benzene rings is 2. The lowest BCUT2D eigenvalue weighted by Gasteiger charge is -2.04. The first-order valence-electron chi connectivity index (χ1n) is 7.02. The van der Waals surface area contributed by atoms with E-state index < -0.39 is 10.1 Å². The summed E-state index contributed by atoms with van der Waals surface area (Å²) < 4.78 is 28.9. The molecule has 2 aromatic rings. The summed E-state index contributed by atoms with van der Waals surface area (Å²) in [6.45, 7) is 1.84. The van der Waals surface area contributed by atoms with Crippen molar-refractivity contribution < 1.29 is 17.4 Å². The zero-order valence-corrected chi connectivity index (χ0v) is 13.5. The van der Waals surface area contributed by atoms with Gasteiger partial charge >= 0.3 is 0 Å². The summed E-state index contributed by atoms with van der Waals surface area (Å²) in [5.74, 6) is 5.65. The number of aryl methyl sites for hydroxylation is 1. The van der Waals surface area contributed by atoms with Gasteiger partial charge in [-0.2, -0.15) is 8.42 Å². The van der Waals surface area contributed by atoms with Crippen LogP contribution in [0.5, 0.6) is 0 Å². The Hall–Kier alpha value is -2.42. The number of hydrogen-bond acceptors (Lipinski definition) is 4. The van der Waals surface area contributed by atoms with E-state index in [9.17, 15) is 13.2 Å². The van der Waals surface area contributed by atoms with Crippen LogP contribution in [-0.2, 0) is 14.3 Å². The highest BCUT2D eigenvalue weighted by atomic mass is 32.2. The maximum absolute atomic E-state index is 12.0. The quantitative estimate of drug-likeness (QED) is 0.366. The molecule has 0 fully saturated rings. The first-order chi connectivity index (χ1) is 11.0. The number of hydrogen-bond donors (Lipinski definition) is 0. The Balaban J connectivity index is 1.94. The second kappa shape index (κ2) is 7.73. The maximum Gasteiger partial charge on any atom is 0.297 e. The fourth-order valence-corrected chi connectivity index (χ4v) is 2.75. The third-order valence-electron chi connectivity index (χ3n) is 3.09. The molecule has 0 aliphatic carbocycles. The van der Waals surface area contributed by atoms with Gasteiger partial charge in [-0.15, -0.1) is 0 Å². The summed E-state index contributed by atoms with van der Waals surface area (Å²) >= 11 is 0. The van der Waals surface area contributed by atoms with Gasteiger partial charge in [0.15, 0.2) is 6.29 Å². The molecule has 0 radical (unpaired) electrons. The van der Waals surface area contributed by atoms with Crippen LogP contribution in [-0.4, -0.2) is 21.3 Å². The van der Waals surface area contributed by atoms with Crippen LogP contribution in [0.4, 0.5) is 0 Å². The first-order valence-corrected chi connectivity index (χ1v) is 8.43. The number of rotatable bonds is 5. The molecule has 0 unspecified atom stereocenters. The fraction of sp³-hybridized carbons (Fsp3) is 0.167. The van der Waals surface area contributed by atoms with Crippen LogP contribution in [0.3, 0.4) is 0 Å². The second-order valence-electron chi connectivity index (χ2n) is 4.85. The normalized spacial score (nSPS) is 10.7. The standard InChI is InChI=1S/C18H16O4S/c1-15-9-11-18(12-10-15)23(20,21)22-13-5-4-7-16-6-2-3-8-17(16)14-19/h2-3,6,8-12,14H,5,13H2,1H3. The van der Waals surface area contributed by atoms with Crippen LogP contribution in [0, 0.1) is 18.8 Å². The number of aldehydes is 1. The molecular weight excluding hydrogens is 312 g/mol. The average molecular weight is 328 g/mol. The molecule has 4 nitrogen and oxygen atoms in total. The van der Waals surface area contributed by atoms with Crippen LogP contribution in [0.25, 0.3) is 0 Å².